The highest BCUT2D eigenvalue weighted by molar-refractivity contribution is 5.96. The minimum absolute atomic E-state index is 0.116. The summed E-state index contributed by atoms with van der Waals surface area (Å²) in [5, 5.41) is 7.29. The minimum Gasteiger partial charge on any atom is -0.313 e. The predicted molar refractivity (Wildman–Crippen MR) is 53.1 cm³/mol. The van der Waals surface area contributed by atoms with Gasteiger partial charge in [0.2, 0.25) is 0 Å². The van der Waals surface area contributed by atoms with E-state index in [1.807, 2.05) is 0 Å². The molecule has 1 aliphatic heterocycles. The van der Waals surface area contributed by atoms with Crippen LogP contribution in [0, 0.1) is 5.92 Å². The number of ketones is 1. The molecule has 0 amide bonds. The third kappa shape index (κ3) is 1.46. The lowest BCUT2D eigenvalue weighted by Gasteiger charge is -2.13. The Hall–Kier alpha value is -1.16. The summed E-state index contributed by atoms with van der Waals surface area (Å²) in [5.74, 6) is 0.327. The number of hydrogen-bond acceptors (Lipinski definition) is 3. The highest BCUT2D eigenvalue weighted by atomic mass is 16.1. The van der Waals surface area contributed by atoms with Gasteiger partial charge in [0.05, 0.1) is 0 Å². The van der Waals surface area contributed by atoms with E-state index in [1.54, 1.807) is 24.0 Å². The number of nitrogens with one attached hydrogen (secondary N) is 1. The first-order chi connectivity index (χ1) is 6.70. The molecule has 1 aromatic rings. The molecule has 0 aliphatic carbocycles. The van der Waals surface area contributed by atoms with Crippen LogP contribution in [0.2, 0.25) is 0 Å². The van der Waals surface area contributed by atoms with Crippen molar-refractivity contribution in [1.29, 1.82) is 0 Å². The number of carbonyl (C=O) groups is 1. The Morgan fingerprint density at radius 3 is 3.00 bits per heavy atom. The highest BCUT2D eigenvalue weighted by Crippen LogP contribution is 2.19. The Morgan fingerprint density at radius 2 is 2.50 bits per heavy atom. The first kappa shape index (κ1) is 9.40. The van der Waals surface area contributed by atoms with Crippen LogP contribution in [0.5, 0.6) is 0 Å². The molecule has 2 heterocycles. The first-order valence-electron chi connectivity index (χ1n) is 4.95. The Morgan fingerprint density at radius 1 is 1.71 bits per heavy atom. The molecule has 4 heteroatoms. The molecular weight excluding hydrogens is 178 g/mol. The van der Waals surface area contributed by atoms with Crippen molar-refractivity contribution in [1.82, 2.24) is 15.1 Å². The van der Waals surface area contributed by atoms with E-state index >= 15 is 0 Å². The van der Waals surface area contributed by atoms with Crippen LogP contribution in [0.25, 0.3) is 0 Å². The van der Waals surface area contributed by atoms with Crippen molar-refractivity contribution >= 4 is 5.78 Å². The van der Waals surface area contributed by atoms with Gasteiger partial charge < -0.3 is 5.32 Å². The summed E-state index contributed by atoms with van der Waals surface area (Å²) < 4.78 is 1.65. The lowest BCUT2D eigenvalue weighted by atomic mass is 9.95. The first-order valence-corrected chi connectivity index (χ1v) is 4.95. The Labute approximate surface area is 83.3 Å². The maximum Gasteiger partial charge on any atom is 0.185 e. The van der Waals surface area contributed by atoms with E-state index in [2.05, 4.69) is 17.3 Å². The van der Waals surface area contributed by atoms with E-state index < -0.39 is 0 Å². The van der Waals surface area contributed by atoms with E-state index in [1.165, 1.54) is 0 Å². The molecule has 0 saturated carbocycles. The van der Waals surface area contributed by atoms with Crippen molar-refractivity contribution in [2.75, 3.05) is 6.54 Å². The molecule has 1 fully saturated rings. The maximum absolute atomic E-state index is 12.0. The molecule has 1 N–H and O–H groups in total. The number of carbonyl (C=O) groups excluding carboxylic acids is 1. The summed E-state index contributed by atoms with van der Waals surface area (Å²) in [7, 11) is 1.81. The van der Waals surface area contributed by atoms with Gasteiger partial charge in [-0.3, -0.25) is 9.48 Å². The van der Waals surface area contributed by atoms with E-state index in [4.69, 9.17) is 0 Å². The van der Waals surface area contributed by atoms with Crippen molar-refractivity contribution in [2.24, 2.45) is 13.0 Å². The number of rotatable bonds is 2. The molecule has 2 unspecified atom stereocenters. The number of aromatic nitrogens is 2. The molecule has 2 rings (SSSR count). The standard InChI is InChI=1S/C10H15N3O/c1-7-8(3-5-11-7)10(14)9-4-6-12-13(9)2/h4,6-8,11H,3,5H2,1-2H3. The molecule has 0 bridgehead atoms. The fourth-order valence-corrected chi connectivity index (χ4v) is 2.02. The monoisotopic (exact) mass is 193 g/mol. The minimum atomic E-state index is 0.116. The Bertz CT molecular complexity index is 345. The summed E-state index contributed by atoms with van der Waals surface area (Å²) >= 11 is 0. The van der Waals surface area contributed by atoms with Gasteiger partial charge in [-0.2, -0.15) is 5.10 Å². The summed E-state index contributed by atoms with van der Waals surface area (Å²) in [6, 6.07) is 2.07. The van der Waals surface area contributed by atoms with E-state index in [-0.39, 0.29) is 17.7 Å². The molecule has 0 aromatic carbocycles. The molecule has 1 saturated heterocycles. The molecular formula is C10H15N3O. The average Bonchev–Trinajstić information content (AvgIpc) is 2.73. The van der Waals surface area contributed by atoms with Gasteiger partial charge in [0.25, 0.3) is 0 Å². The lowest BCUT2D eigenvalue weighted by molar-refractivity contribution is 0.0904. The Balaban J connectivity index is 2.20. The molecule has 1 aliphatic rings. The van der Waals surface area contributed by atoms with Gasteiger partial charge in [0.15, 0.2) is 5.78 Å². The number of hydrogen-bond donors (Lipinski definition) is 1. The predicted octanol–water partition coefficient (Wildman–Crippen LogP) is 0.601. The molecule has 0 spiro atoms. The van der Waals surface area contributed by atoms with Crippen molar-refractivity contribution in [3.63, 3.8) is 0 Å². The van der Waals surface area contributed by atoms with Crippen molar-refractivity contribution in [3.05, 3.63) is 18.0 Å². The van der Waals surface area contributed by atoms with Gasteiger partial charge in [-0.15, -0.1) is 0 Å². The normalized spacial score (nSPS) is 26.7. The van der Waals surface area contributed by atoms with Crippen molar-refractivity contribution < 1.29 is 4.79 Å². The van der Waals surface area contributed by atoms with Crippen LogP contribution in [0.15, 0.2) is 12.3 Å². The summed E-state index contributed by atoms with van der Waals surface area (Å²) in [6.07, 6.45) is 2.60. The second-order valence-corrected chi connectivity index (χ2v) is 3.84. The van der Waals surface area contributed by atoms with Crippen LogP contribution in [0.3, 0.4) is 0 Å². The van der Waals surface area contributed by atoms with E-state index in [0.29, 0.717) is 5.69 Å². The van der Waals surface area contributed by atoms with Crippen LogP contribution in [0.4, 0.5) is 0 Å². The summed E-state index contributed by atoms with van der Waals surface area (Å²) in [4.78, 5) is 12.0. The van der Waals surface area contributed by atoms with Crippen molar-refractivity contribution in [3.8, 4) is 0 Å². The smallest absolute Gasteiger partial charge is 0.185 e. The fourth-order valence-electron chi connectivity index (χ4n) is 2.02. The maximum atomic E-state index is 12.0. The third-order valence-electron chi connectivity index (χ3n) is 2.94. The second-order valence-electron chi connectivity index (χ2n) is 3.84. The number of Topliss-reactive ketones (excluding diaryl/α,β-unsaturated/α-hetero) is 1. The molecule has 0 radical (unpaired) electrons. The summed E-state index contributed by atoms with van der Waals surface area (Å²) in [5.41, 5.74) is 0.713. The zero-order chi connectivity index (χ0) is 10.1. The Kier molecular flexibility index (Phi) is 2.37. The quantitative estimate of drug-likeness (QED) is 0.700. The van der Waals surface area contributed by atoms with Gasteiger partial charge in [0.1, 0.15) is 5.69 Å². The van der Waals surface area contributed by atoms with Gasteiger partial charge in [-0.05, 0) is 26.0 Å². The third-order valence-corrected chi connectivity index (χ3v) is 2.94. The lowest BCUT2D eigenvalue weighted by Crippen LogP contribution is -2.29. The SMILES string of the molecule is CC1NCCC1C(=O)c1ccnn1C. The largest absolute Gasteiger partial charge is 0.313 e. The second kappa shape index (κ2) is 3.53. The number of aryl methyl sites for hydroxylation is 1. The summed E-state index contributed by atoms with van der Waals surface area (Å²) in [6.45, 7) is 3.00. The molecule has 2 atom stereocenters. The van der Waals surface area contributed by atoms with Crippen LogP contribution in [-0.4, -0.2) is 28.2 Å². The van der Waals surface area contributed by atoms with Gasteiger partial charge in [-0.1, -0.05) is 0 Å². The molecule has 4 nitrogen and oxygen atoms in total. The van der Waals surface area contributed by atoms with Gasteiger partial charge in [0, 0.05) is 25.2 Å². The van der Waals surface area contributed by atoms with Crippen LogP contribution < -0.4 is 5.32 Å². The van der Waals surface area contributed by atoms with E-state index in [9.17, 15) is 4.79 Å². The van der Waals surface area contributed by atoms with Crippen molar-refractivity contribution in [2.45, 2.75) is 19.4 Å². The molecule has 14 heavy (non-hydrogen) atoms. The highest BCUT2D eigenvalue weighted by Gasteiger charge is 2.31. The zero-order valence-electron chi connectivity index (χ0n) is 8.53. The van der Waals surface area contributed by atoms with Gasteiger partial charge >= 0.3 is 0 Å². The molecule has 76 valence electrons. The van der Waals surface area contributed by atoms with E-state index in [0.717, 1.165) is 13.0 Å². The topological polar surface area (TPSA) is 46.9 Å². The molecule has 1 aromatic heterocycles. The number of nitrogens with zero attached hydrogens (tertiary/aromatic N) is 2. The zero-order valence-corrected chi connectivity index (χ0v) is 8.53. The fraction of sp³-hybridized carbons (Fsp3) is 0.600. The van der Waals surface area contributed by atoms with Crippen LogP contribution in [-0.2, 0) is 7.05 Å². The van der Waals surface area contributed by atoms with Gasteiger partial charge in [-0.25, -0.2) is 0 Å². The van der Waals surface area contributed by atoms with Crippen LogP contribution >= 0.6 is 0 Å². The average molecular weight is 193 g/mol. The van der Waals surface area contributed by atoms with Crippen LogP contribution in [0.1, 0.15) is 23.8 Å².